The number of carbonyl (C=O) groups excluding carboxylic acids is 1. The third-order valence-electron chi connectivity index (χ3n) is 1.47. The molecule has 0 rings (SSSR count). The molecule has 7 heteroatoms. The Morgan fingerprint density at radius 3 is 2.19 bits per heavy atom. The third kappa shape index (κ3) is 6.20. The molecule has 0 unspecified atom stereocenters. The number of carboxylic acids is 1. The predicted octanol–water partition coefficient (Wildman–Crippen LogP) is -0.682. The molecule has 0 saturated heterocycles. The van der Waals surface area contributed by atoms with Crippen molar-refractivity contribution in [1.29, 1.82) is 0 Å². The molecule has 1 amide bonds. The van der Waals surface area contributed by atoms with Crippen molar-refractivity contribution in [1.82, 2.24) is 5.32 Å². The van der Waals surface area contributed by atoms with Crippen LogP contribution in [-0.4, -0.2) is 51.7 Å². The molecule has 16 heavy (non-hydrogen) atoms. The average molecular weight is 235 g/mol. The van der Waals surface area contributed by atoms with Crippen molar-refractivity contribution in [2.24, 2.45) is 0 Å². The van der Waals surface area contributed by atoms with Crippen LogP contribution in [0.3, 0.4) is 0 Å². The minimum atomic E-state index is -1.94. The van der Waals surface area contributed by atoms with Crippen LogP contribution in [0.2, 0.25) is 0 Å². The maximum atomic E-state index is 11.1. The fourth-order valence-electron chi connectivity index (χ4n) is 0.778. The second-order valence-electron chi connectivity index (χ2n) is 4.23. The van der Waals surface area contributed by atoms with E-state index in [1.54, 1.807) is 20.8 Å². The molecule has 0 spiro atoms. The molecule has 94 valence electrons. The SMILES string of the molecule is CC(C)(C)OC(=O)NC[C@@H](O)[C@@H](O)C(=O)O. The Labute approximate surface area is 93.0 Å². The quantitative estimate of drug-likeness (QED) is 0.513. The first-order valence-corrected chi connectivity index (χ1v) is 4.69. The van der Waals surface area contributed by atoms with Crippen molar-refractivity contribution in [3.8, 4) is 0 Å². The number of aliphatic carboxylic acids is 1. The number of alkyl carbamates (subject to hydrolysis) is 1. The summed E-state index contributed by atoms with van der Waals surface area (Å²) in [5.41, 5.74) is -0.680. The van der Waals surface area contributed by atoms with Gasteiger partial charge < -0.3 is 25.4 Å². The van der Waals surface area contributed by atoms with Crippen molar-refractivity contribution in [2.75, 3.05) is 6.54 Å². The first kappa shape index (κ1) is 14.7. The van der Waals surface area contributed by atoms with Gasteiger partial charge in [0, 0.05) is 6.54 Å². The second-order valence-corrected chi connectivity index (χ2v) is 4.23. The van der Waals surface area contributed by atoms with Gasteiger partial charge in [-0.15, -0.1) is 0 Å². The van der Waals surface area contributed by atoms with E-state index in [1.165, 1.54) is 0 Å². The number of aliphatic hydroxyl groups is 2. The molecule has 0 aromatic carbocycles. The van der Waals surface area contributed by atoms with Gasteiger partial charge in [0.25, 0.3) is 0 Å². The first-order chi connectivity index (χ1) is 7.13. The molecule has 0 aromatic heterocycles. The lowest BCUT2D eigenvalue weighted by Gasteiger charge is -2.21. The normalized spacial score (nSPS) is 15.1. The molecular formula is C9H17NO6. The Morgan fingerprint density at radius 1 is 1.31 bits per heavy atom. The van der Waals surface area contributed by atoms with E-state index in [2.05, 4.69) is 5.32 Å². The Morgan fingerprint density at radius 2 is 1.81 bits per heavy atom. The lowest BCUT2D eigenvalue weighted by Crippen LogP contribution is -2.44. The zero-order chi connectivity index (χ0) is 12.9. The second kappa shape index (κ2) is 5.66. The molecule has 0 heterocycles. The molecule has 7 nitrogen and oxygen atoms in total. The van der Waals surface area contributed by atoms with Gasteiger partial charge in [-0.05, 0) is 20.8 Å². The number of ether oxygens (including phenoxy) is 1. The van der Waals surface area contributed by atoms with Gasteiger partial charge >= 0.3 is 12.1 Å². The summed E-state index contributed by atoms with van der Waals surface area (Å²) in [6, 6.07) is 0. The summed E-state index contributed by atoms with van der Waals surface area (Å²) in [7, 11) is 0. The highest BCUT2D eigenvalue weighted by molar-refractivity contribution is 5.73. The number of nitrogens with one attached hydrogen (secondary N) is 1. The number of rotatable bonds is 4. The van der Waals surface area contributed by atoms with Crippen LogP contribution < -0.4 is 5.32 Å². The van der Waals surface area contributed by atoms with Crippen molar-refractivity contribution < 1.29 is 29.6 Å². The zero-order valence-corrected chi connectivity index (χ0v) is 9.43. The van der Waals surface area contributed by atoms with Gasteiger partial charge in [-0.3, -0.25) is 0 Å². The highest BCUT2D eigenvalue weighted by atomic mass is 16.6. The fourth-order valence-corrected chi connectivity index (χ4v) is 0.778. The molecular weight excluding hydrogens is 218 g/mol. The lowest BCUT2D eigenvalue weighted by molar-refractivity contribution is -0.152. The maximum Gasteiger partial charge on any atom is 0.407 e. The monoisotopic (exact) mass is 235 g/mol. The van der Waals surface area contributed by atoms with Crippen LogP contribution in [-0.2, 0) is 9.53 Å². The average Bonchev–Trinajstić information content (AvgIpc) is 2.09. The number of aliphatic hydroxyl groups excluding tert-OH is 2. The standard InChI is InChI=1S/C9H17NO6/c1-9(2,3)16-8(15)10-4-5(11)6(12)7(13)14/h5-6,11-12H,4H2,1-3H3,(H,10,15)(H,13,14)/t5-,6-/m1/s1. The summed E-state index contributed by atoms with van der Waals surface area (Å²) in [6.45, 7) is 4.59. The minimum absolute atomic E-state index is 0.400. The summed E-state index contributed by atoms with van der Waals surface area (Å²) in [5, 5.41) is 28.5. The largest absolute Gasteiger partial charge is 0.479 e. The summed E-state index contributed by atoms with van der Waals surface area (Å²) >= 11 is 0. The van der Waals surface area contributed by atoms with Gasteiger partial charge in [-0.2, -0.15) is 0 Å². The van der Waals surface area contributed by atoms with E-state index in [0.717, 1.165) is 0 Å². The number of hydrogen-bond donors (Lipinski definition) is 4. The highest BCUT2D eigenvalue weighted by Crippen LogP contribution is 2.06. The van der Waals surface area contributed by atoms with Crippen LogP contribution in [0.25, 0.3) is 0 Å². The van der Waals surface area contributed by atoms with Crippen LogP contribution in [0.15, 0.2) is 0 Å². The van der Waals surface area contributed by atoms with E-state index in [9.17, 15) is 9.59 Å². The van der Waals surface area contributed by atoms with Gasteiger partial charge in [0.1, 0.15) is 11.7 Å². The summed E-state index contributed by atoms with van der Waals surface area (Å²) < 4.78 is 4.84. The summed E-state index contributed by atoms with van der Waals surface area (Å²) in [6.07, 6.45) is -4.30. The van der Waals surface area contributed by atoms with Gasteiger partial charge in [0.15, 0.2) is 6.10 Å². The molecule has 2 atom stereocenters. The van der Waals surface area contributed by atoms with Crippen molar-refractivity contribution in [2.45, 2.75) is 38.6 Å². The highest BCUT2D eigenvalue weighted by Gasteiger charge is 2.24. The Balaban J connectivity index is 3.97. The van der Waals surface area contributed by atoms with E-state index < -0.39 is 36.4 Å². The topological polar surface area (TPSA) is 116 Å². The smallest absolute Gasteiger partial charge is 0.407 e. The molecule has 0 aromatic rings. The molecule has 0 bridgehead atoms. The number of carboxylic acid groups (broad SMARTS) is 1. The van der Waals surface area contributed by atoms with Gasteiger partial charge in [0.2, 0.25) is 0 Å². The van der Waals surface area contributed by atoms with Gasteiger partial charge in [-0.1, -0.05) is 0 Å². The van der Waals surface area contributed by atoms with Crippen LogP contribution in [0.4, 0.5) is 4.79 Å². The lowest BCUT2D eigenvalue weighted by atomic mass is 10.2. The van der Waals surface area contributed by atoms with E-state index in [1.807, 2.05) is 0 Å². The Kier molecular flexibility index (Phi) is 5.19. The summed E-state index contributed by atoms with van der Waals surface area (Å²) in [5.74, 6) is -1.56. The molecule has 0 radical (unpaired) electrons. The Hall–Kier alpha value is -1.34. The van der Waals surface area contributed by atoms with Crippen LogP contribution in [0.5, 0.6) is 0 Å². The molecule has 0 saturated carbocycles. The van der Waals surface area contributed by atoms with Crippen LogP contribution in [0.1, 0.15) is 20.8 Å². The zero-order valence-electron chi connectivity index (χ0n) is 9.43. The van der Waals surface area contributed by atoms with E-state index in [0.29, 0.717) is 0 Å². The maximum absolute atomic E-state index is 11.1. The molecule has 0 aliphatic heterocycles. The van der Waals surface area contributed by atoms with E-state index in [-0.39, 0.29) is 0 Å². The first-order valence-electron chi connectivity index (χ1n) is 4.69. The molecule has 0 aliphatic carbocycles. The van der Waals surface area contributed by atoms with Crippen LogP contribution >= 0.6 is 0 Å². The van der Waals surface area contributed by atoms with Gasteiger partial charge in [-0.25, -0.2) is 9.59 Å². The van der Waals surface area contributed by atoms with Crippen LogP contribution in [0, 0.1) is 0 Å². The third-order valence-corrected chi connectivity index (χ3v) is 1.47. The van der Waals surface area contributed by atoms with E-state index >= 15 is 0 Å². The molecule has 0 fully saturated rings. The van der Waals surface area contributed by atoms with E-state index in [4.69, 9.17) is 20.1 Å². The summed E-state index contributed by atoms with van der Waals surface area (Å²) in [4.78, 5) is 21.3. The van der Waals surface area contributed by atoms with Crippen molar-refractivity contribution in [3.05, 3.63) is 0 Å². The molecule has 4 N–H and O–H groups in total. The van der Waals surface area contributed by atoms with Crippen molar-refractivity contribution >= 4 is 12.1 Å². The minimum Gasteiger partial charge on any atom is -0.479 e. The van der Waals surface area contributed by atoms with Gasteiger partial charge in [0.05, 0.1) is 0 Å². The Bertz CT molecular complexity index is 259. The van der Waals surface area contributed by atoms with Crippen molar-refractivity contribution in [3.63, 3.8) is 0 Å². The fraction of sp³-hybridized carbons (Fsp3) is 0.778. The number of carbonyl (C=O) groups is 2. The number of amides is 1. The predicted molar refractivity (Wildman–Crippen MR) is 53.9 cm³/mol. The molecule has 0 aliphatic rings. The number of hydrogen-bond acceptors (Lipinski definition) is 5.